The lowest BCUT2D eigenvalue weighted by Gasteiger charge is -2.22. The summed E-state index contributed by atoms with van der Waals surface area (Å²) < 4.78 is 10.6. The van der Waals surface area contributed by atoms with Gasteiger partial charge in [-0.25, -0.2) is 0 Å². The molecule has 1 aromatic carbocycles. The second kappa shape index (κ2) is 5.51. The molecule has 88 valence electrons. The number of ether oxygens (including phenoxy) is 2. The summed E-state index contributed by atoms with van der Waals surface area (Å²) in [4.78, 5) is 2.13. The first kappa shape index (κ1) is 11.7. The van der Waals surface area contributed by atoms with Gasteiger partial charge in [-0.15, -0.1) is 23.2 Å². The third kappa shape index (κ3) is 2.47. The summed E-state index contributed by atoms with van der Waals surface area (Å²) in [6.45, 7) is 1.84. The number of fused-ring (bicyclic) bond motifs is 1. The lowest BCUT2D eigenvalue weighted by atomic mass is 10.2. The summed E-state index contributed by atoms with van der Waals surface area (Å²) in [7, 11) is 0. The van der Waals surface area contributed by atoms with E-state index in [9.17, 15) is 0 Å². The Morgan fingerprint density at radius 3 is 2.44 bits per heavy atom. The Morgan fingerprint density at radius 1 is 1.06 bits per heavy atom. The van der Waals surface area contributed by atoms with Crippen molar-refractivity contribution in [3.63, 3.8) is 0 Å². The third-order valence-electron chi connectivity index (χ3n) is 2.43. The van der Waals surface area contributed by atoms with E-state index >= 15 is 0 Å². The highest BCUT2D eigenvalue weighted by Gasteiger charge is 2.15. The van der Waals surface area contributed by atoms with Gasteiger partial charge >= 0.3 is 0 Å². The van der Waals surface area contributed by atoms with Gasteiger partial charge in [0.05, 0.1) is 0 Å². The number of hydrogen-bond donors (Lipinski definition) is 0. The van der Waals surface area contributed by atoms with Crippen molar-refractivity contribution in [2.75, 3.05) is 36.5 Å². The van der Waals surface area contributed by atoms with Crippen LogP contribution >= 0.6 is 23.2 Å². The quantitative estimate of drug-likeness (QED) is 0.761. The largest absolute Gasteiger partial charge is 0.454 e. The van der Waals surface area contributed by atoms with Gasteiger partial charge in [0.15, 0.2) is 11.5 Å². The van der Waals surface area contributed by atoms with E-state index in [0.717, 1.165) is 30.3 Å². The van der Waals surface area contributed by atoms with Gasteiger partial charge in [0, 0.05) is 36.6 Å². The van der Waals surface area contributed by atoms with E-state index in [1.807, 2.05) is 18.2 Å². The molecule has 0 fully saturated rings. The van der Waals surface area contributed by atoms with Crippen LogP contribution in [-0.2, 0) is 0 Å². The molecule has 0 radical (unpaired) electrons. The molecule has 0 aliphatic carbocycles. The van der Waals surface area contributed by atoms with Crippen LogP contribution < -0.4 is 14.4 Å². The molecule has 2 rings (SSSR count). The zero-order chi connectivity index (χ0) is 11.4. The molecule has 1 aliphatic rings. The molecule has 0 spiro atoms. The first-order valence-electron chi connectivity index (χ1n) is 5.11. The van der Waals surface area contributed by atoms with Gasteiger partial charge in [-0.1, -0.05) is 0 Å². The van der Waals surface area contributed by atoms with Gasteiger partial charge in [-0.05, 0) is 12.1 Å². The molecule has 1 heterocycles. The number of rotatable bonds is 5. The Kier molecular flexibility index (Phi) is 4.02. The Balaban J connectivity index is 2.17. The molecule has 0 N–H and O–H groups in total. The topological polar surface area (TPSA) is 21.7 Å². The van der Waals surface area contributed by atoms with Crippen molar-refractivity contribution < 1.29 is 9.47 Å². The Morgan fingerprint density at radius 2 is 1.75 bits per heavy atom. The number of nitrogens with zero attached hydrogens (tertiary/aromatic N) is 1. The summed E-state index contributed by atoms with van der Waals surface area (Å²) in [5, 5.41) is 0. The summed E-state index contributed by atoms with van der Waals surface area (Å²) in [5.41, 5.74) is 1.06. The van der Waals surface area contributed by atoms with Crippen LogP contribution in [0.5, 0.6) is 11.5 Å². The van der Waals surface area contributed by atoms with Gasteiger partial charge in [0.2, 0.25) is 6.79 Å². The zero-order valence-electron chi connectivity index (χ0n) is 8.79. The molecule has 0 atom stereocenters. The normalized spacial score (nSPS) is 12.9. The number of anilines is 1. The monoisotopic (exact) mass is 261 g/mol. The van der Waals surface area contributed by atoms with Crippen LogP contribution in [0.3, 0.4) is 0 Å². The number of halogens is 2. The van der Waals surface area contributed by atoms with Gasteiger partial charge in [0.1, 0.15) is 0 Å². The Bertz CT molecular complexity index is 354. The van der Waals surface area contributed by atoms with E-state index in [2.05, 4.69) is 4.90 Å². The molecule has 0 bridgehead atoms. The zero-order valence-corrected chi connectivity index (χ0v) is 10.3. The molecule has 5 heteroatoms. The minimum absolute atomic E-state index is 0.295. The van der Waals surface area contributed by atoms with Gasteiger partial charge in [-0.3, -0.25) is 0 Å². The van der Waals surface area contributed by atoms with Crippen LogP contribution in [0.4, 0.5) is 5.69 Å². The second-order valence-corrected chi connectivity index (χ2v) is 4.16. The standard InChI is InChI=1S/C11H13Cl2NO2/c12-3-5-14(6-4-13)9-1-2-10-11(7-9)16-8-15-10/h1-2,7H,3-6,8H2. The molecular weight excluding hydrogens is 249 g/mol. The van der Waals surface area contributed by atoms with E-state index in [1.54, 1.807) is 0 Å². The molecule has 16 heavy (non-hydrogen) atoms. The van der Waals surface area contributed by atoms with E-state index in [4.69, 9.17) is 32.7 Å². The van der Waals surface area contributed by atoms with Crippen molar-refractivity contribution in [2.24, 2.45) is 0 Å². The van der Waals surface area contributed by atoms with Crippen molar-refractivity contribution in [2.45, 2.75) is 0 Å². The number of benzene rings is 1. The Hall–Kier alpha value is -0.800. The summed E-state index contributed by atoms with van der Waals surface area (Å²) in [6.07, 6.45) is 0. The fraction of sp³-hybridized carbons (Fsp3) is 0.455. The van der Waals surface area contributed by atoms with Crippen LogP contribution in [0.25, 0.3) is 0 Å². The molecule has 0 aromatic heterocycles. The fourth-order valence-electron chi connectivity index (χ4n) is 1.66. The van der Waals surface area contributed by atoms with Gasteiger partial charge in [-0.2, -0.15) is 0 Å². The Labute approximate surface area is 105 Å². The van der Waals surface area contributed by atoms with E-state index in [0.29, 0.717) is 18.6 Å². The van der Waals surface area contributed by atoms with E-state index in [-0.39, 0.29) is 0 Å². The van der Waals surface area contributed by atoms with Crippen molar-refractivity contribution in [3.05, 3.63) is 18.2 Å². The van der Waals surface area contributed by atoms with Crippen LogP contribution in [0.1, 0.15) is 0 Å². The summed E-state index contributed by atoms with van der Waals surface area (Å²) >= 11 is 11.5. The predicted molar refractivity (Wildman–Crippen MR) is 66.2 cm³/mol. The van der Waals surface area contributed by atoms with E-state index < -0.39 is 0 Å². The molecule has 1 aliphatic heterocycles. The van der Waals surface area contributed by atoms with Crippen LogP contribution in [0, 0.1) is 0 Å². The lowest BCUT2D eigenvalue weighted by Crippen LogP contribution is -2.27. The minimum atomic E-state index is 0.295. The maximum Gasteiger partial charge on any atom is 0.231 e. The maximum atomic E-state index is 5.76. The second-order valence-electron chi connectivity index (χ2n) is 3.40. The van der Waals surface area contributed by atoms with Crippen LogP contribution in [-0.4, -0.2) is 31.6 Å². The van der Waals surface area contributed by atoms with Crippen molar-refractivity contribution in [1.29, 1.82) is 0 Å². The number of alkyl halides is 2. The SMILES string of the molecule is ClCCN(CCCl)c1ccc2c(c1)OCO2. The van der Waals surface area contributed by atoms with Gasteiger partial charge in [0.25, 0.3) is 0 Å². The number of hydrogen-bond acceptors (Lipinski definition) is 3. The molecule has 3 nitrogen and oxygen atoms in total. The minimum Gasteiger partial charge on any atom is -0.454 e. The van der Waals surface area contributed by atoms with E-state index in [1.165, 1.54) is 0 Å². The third-order valence-corrected chi connectivity index (χ3v) is 2.77. The fourth-order valence-corrected chi connectivity index (χ4v) is 2.06. The van der Waals surface area contributed by atoms with Crippen LogP contribution in [0.2, 0.25) is 0 Å². The first-order valence-corrected chi connectivity index (χ1v) is 6.18. The molecule has 0 saturated carbocycles. The molecule has 1 aromatic rings. The van der Waals surface area contributed by atoms with Gasteiger partial charge < -0.3 is 14.4 Å². The summed E-state index contributed by atoms with van der Waals surface area (Å²) in [5.74, 6) is 2.73. The molecule has 0 unspecified atom stereocenters. The molecular formula is C11H13Cl2NO2. The average molecular weight is 262 g/mol. The molecule has 0 saturated heterocycles. The van der Waals surface area contributed by atoms with Crippen molar-refractivity contribution in [3.8, 4) is 11.5 Å². The summed E-state index contributed by atoms with van der Waals surface area (Å²) in [6, 6.07) is 5.86. The lowest BCUT2D eigenvalue weighted by molar-refractivity contribution is 0.174. The van der Waals surface area contributed by atoms with Crippen molar-refractivity contribution in [1.82, 2.24) is 0 Å². The first-order chi connectivity index (χ1) is 7.85. The highest BCUT2D eigenvalue weighted by atomic mass is 35.5. The highest BCUT2D eigenvalue weighted by molar-refractivity contribution is 6.18. The smallest absolute Gasteiger partial charge is 0.231 e. The van der Waals surface area contributed by atoms with Crippen LogP contribution in [0.15, 0.2) is 18.2 Å². The molecule has 0 amide bonds. The predicted octanol–water partition coefficient (Wildman–Crippen LogP) is 2.70. The van der Waals surface area contributed by atoms with Crippen molar-refractivity contribution >= 4 is 28.9 Å². The highest BCUT2D eigenvalue weighted by Crippen LogP contribution is 2.35. The maximum absolute atomic E-state index is 5.76. The average Bonchev–Trinajstić information content (AvgIpc) is 2.75.